The van der Waals surface area contributed by atoms with Crippen molar-refractivity contribution in [2.24, 2.45) is 46.8 Å². The van der Waals surface area contributed by atoms with Crippen molar-refractivity contribution >= 4 is 5.97 Å². The summed E-state index contributed by atoms with van der Waals surface area (Å²) in [6.07, 6.45) is 13.7. The number of aliphatic carboxylic acids is 1. The van der Waals surface area contributed by atoms with Gasteiger partial charge in [0.15, 0.2) is 0 Å². The van der Waals surface area contributed by atoms with Crippen molar-refractivity contribution < 1.29 is 15.0 Å². The number of allylic oxidation sites excluding steroid dienone is 5. The maximum absolute atomic E-state index is 10.9. The molecule has 0 amide bonds. The topological polar surface area (TPSA) is 57.5 Å². The zero-order valence-corrected chi connectivity index (χ0v) is 18.1. The molecule has 3 fully saturated rings. The molecule has 0 heterocycles. The van der Waals surface area contributed by atoms with Crippen molar-refractivity contribution in [2.75, 3.05) is 0 Å². The summed E-state index contributed by atoms with van der Waals surface area (Å²) in [7, 11) is 0. The number of aliphatic hydroxyl groups is 1. The Labute approximate surface area is 170 Å². The summed E-state index contributed by atoms with van der Waals surface area (Å²) in [5, 5.41) is 19.8. The third kappa shape index (κ3) is 3.87. The number of carboxylic acid groups (broad SMARTS) is 1. The Morgan fingerprint density at radius 1 is 1.25 bits per heavy atom. The molecule has 0 radical (unpaired) electrons. The molecule has 3 heteroatoms. The quantitative estimate of drug-likeness (QED) is 0.361. The van der Waals surface area contributed by atoms with Gasteiger partial charge in [0, 0.05) is 6.08 Å². The Hall–Kier alpha value is -1.35. The normalized spacial score (nSPS) is 44.4. The Morgan fingerprint density at radius 2 is 1.96 bits per heavy atom. The molecule has 0 saturated heterocycles. The van der Waals surface area contributed by atoms with Crippen LogP contribution in [0.5, 0.6) is 0 Å². The molecule has 2 N–H and O–H groups in total. The Balaban J connectivity index is 2.00. The van der Waals surface area contributed by atoms with Gasteiger partial charge in [0.1, 0.15) is 0 Å². The molecule has 0 aromatic rings. The molecule has 0 aromatic carbocycles. The highest BCUT2D eigenvalue weighted by atomic mass is 16.4. The first kappa shape index (κ1) is 21.4. The molecule has 0 spiro atoms. The summed E-state index contributed by atoms with van der Waals surface area (Å²) in [4.78, 5) is 10.8. The van der Waals surface area contributed by atoms with Crippen molar-refractivity contribution in [3.05, 3.63) is 36.0 Å². The fourth-order valence-corrected chi connectivity index (χ4v) is 6.70. The van der Waals surface area contributed by atoms with E-state index in [1.54, 1.807) is 6.08 Å². The van der Waals surface area contributed by atoms with Crippen LogP contribution in [0.3, 0.4) is 0 Å². The van der Waals surface area contributed by atoms with E-state index in [2.05, 4.69) is 46.8 Å². The minimum Gasteiger partial charge on any atom is -0.478 e. The van der Waals surface area contributed by atoms with E-state index >= 15 is 0 Å². The molecule has 1 unspecified atom stereocenters. The van der Waals surface area contributed by atoms with Crippen LogP contribution >= 0.6 is 0 Å². The van der Waals surface area contributed by atoms with Crippen LogP contribution in [0.4, 0.5) is 0 Å². The predicted molar refractivity (Wildman–Crippen MR) is 114 cm³/mol. The SMILES string of the molecule is CCC(C)/C=C(\C)[C@H]1[C@@H](/C=C/C=C/C(=O)O)[C@H]2[C@@H]([C@H]3C[C@]31C)[C@@H](O)CC[C@@H]2C. The van der Waals surface area contributed by atoms with E-state index in [1.165, 1.54) is 18.1 Å². The lowest BCUT2D eigenvalue weighted by atomic mass is 9.53. The van der Waals surface area contributed by atoms with Crippen molar-refractivity contribution in [1.82, 2.24) is 0 Å². The zero-order chi connectivity index (χ0) is 20.6. The molecule has 3 aliphatic rings. The van der Waals surface area contributed by atoms with Gasteiger partial charge in [0.05, 0.1) is 6.10 Å². The summed E-state index contributed by atoms with van der Waals surface area (Å²) in [6, 6.07) is 0. The van der Waals surface area contributed by atoms with E-state index in [9.17, 15) is 9.90 Å². The summed E-state index contributed by atoms with van der Waals surface area (Å²) < 4.78 is 0. The molecular weight excluding hydrogens is 348 g/mol. The van der Waals surface area contributed by atoms with E-state index < -0.39 is 5.97 Å². The third-order valence-corrected chi connectivity index (χ3v) is 8.18. The molecule has 3 rings (SSSR count). The number of fused-ring (bicyclic) bond motifs is 3. The molecule has 156 valence electrons. The Kier molecular flexibility index (Phi) is 6.24. The van der Waals surface area contributed by atoms with Crippen LogP contribution in [0.2, 0.25) is 0 Å². The first-order valence-corrected chi connectivity index (χ1v) is 11.1. The number of hydrogen-bond donors (Lipinski definition) is 2. The average Bonchev–Trinajstić information content (AvgIpc) is 3.32. The van der Waals surface area contributed by atoms with Gasteiger partial charge in [0.2, 0.25) is 0 Å². The average molecular weight is 387 g/mol. The number of carbonyl (C=O) groups is 1. The van der Waals surface area contributed by atoms with E-state index in [0.717, 1.165) is 19.3 Å². The standard InChI is InChI=1S/C25H38O3/c1-6-15(2)13-17(4)24-18(9-7-8-10-21(27)28)22-16(3)11-12-20(26)23(22)19-14-25(19,24)5/h7-10,13,15-16,18-20,22-24,26H,6,11-12,14H2,1-5H3,(H,27,28)/b9-7+,10-8+,17-13+/t15?,16-,18-,19+,20-,22-,23-,24-,25+/m0/s1. The van der Waals surface area contributed by atoms with Crippen molar-refractivity contribution in [3.63, 3.8) is 0 Å². The van der Waals surface area contributed by atoms with Crippen LogP contribution in [0, 0.1) is 46.8 Å². The largest absolute Gasteiger partial charge is 0.478 e. The van der Waals surface area contributed by atoms with Crippen LogP contribution in [0.1, 0.15) is 60.3 Å². The number of rotatable bonds is 6. The van der Waals surface area contributed by atoms with E-state index in [1.807, 2.05) is 6.08 Å². The minimum absolute atomic E-state index is 0.182. The first-order chi connectivity index (χ1) is 13.2. The maximum atomic E-state index is 10.9. The van der Waals surface area contributed by atoms with Crippen LogP contribution in [-0.2, 0) is 4.79 Å². The molecule has 3 saturated carbocycles. The molecular formula is C25H38O3. The second-order valence-corrected chi connectivity index (χ2v) is 10.0. The van der Waals surface area contributed by atoms with Crippen molar-refractivity contribution in [1.29, 1.82) is 0 Å². The van der Waals surface area contributed by atoms with Gasteiger partial charge in [-0.25, -0.2) is 4.79 Å². The third-order valence-electron chi connectivity index (χ3n) is 8.18. The minimum atomic E-state index is -0.911. The van der Waals surface area contributed by atoms with Gasteiger partial charge < -0.3 is 10.2 Å². The lowest BCUT2D eigenvalue weighted by molar-refractivity contribution is -0.131. The van der Waals surface area contributed by atoms with Gasteiger partial charge in [-0.1, -0.05) is 64.0 Å². The molecule has 0 bridgehead atoms. The summed E-state index contributed by atoms with van der Waals surface area (Å²) >= 11 is 0. The Bertz CT molecular complexity index is 675. The second kappa shape index (κ2) is 8.18. The monoisotopic (exact) mass is 386 g/mol. The molecule has 3 nitrogen and oxygen atoms in total. The maximum Gasteiger partial charge on any atom is 0.328 e. The first-order valence-electron chi connectivity index (χ1n) is 11.1. The number of hydrogen-bond acceptors (Lipinski definition) is 2. The Morgan fingerprint density at radius 3 is 2.61 bits per heavy atom. The fourth-order valence-electron chi connectivity index (χ4n) is 6.70. The molecule has 0 aliphatic heterocycles. The highest BCUT2D eigenvalue weighted by Gasteiger charge is 2.68. The highest BCUT2D eigenvalue weighted by molar-refractivity contribution is 5.80. The van der Waals surface area contributed by atoms with Gasteiger partial charge in [0.25, 0.3) is 0 Å². The van der Waals surface area contributed by atoms with Gasteiger partial charge in [-0.05, 0) is 73.0 Å². The van der Waals surface area contributed by atoms with Crippen LogP contribution in [-0.4, -0.2) is 22.3 Å². The molecule has 0 aromatic heterocycles. The van der Waals surface area contributed by atoms with Gasteiger partial charge >= 0.3 is 5.97 Å². The van der Waals surface area contributed by atoms with E-state index in [4.69, 9.17) is 5.11 Å². The van der Waals surface area contributed by atoms with Crippen LogP contribution < -0.4 is 0 Å². The lowest BCUT2D eigenvalue weighted by Crippen LogP contribution is -2.49. The van der Waals surface area contributed by atoms with E-state index in [-0.39, 0.29) is 11.5 Å². The number of carboxylic acids is 1. The summed E-state index contributed by atoms with van der Waals surface area (Å²) in [5.41, 5.74) is 1.75. The predicted octanol–water partition coefficient (Wildman–Crippen LogP) is 5.47. The van der Waals surface area contributed by atoms with Gasteiger partial charge in [-0.2, -0.15) is 0 Å². The van der Waals surface area contributed by atoms with Crippen LogP contribution in [0.15, 0.2) is 36.0 Å². The van der Waals surface area contributed by atoms with Crippen LogP contribution in [0.25, 0.3) is 0 Å². The zero-order valence-electron chi connectivity index (χ0n) is 18.1. The summed E-state index contributed by atoms with van der Waals surface area (Å²) in [5.74, 6) is 2.59. The van der Waals surface area contributed by atoms with E-state index in [0.29, 0.717) is 41.4 Å². The van der Waals surface area contributed by atoms with Gasteiger partial charge in [-0.3, -0.25) is 0 Å². The highest BCUT2D eigenvalue weighted by Crippen LogP contribution is 2.73. The van der Waals surface area contributed by atoms with Gasteiger partial charge in [-0.15, -0.1) is 0 Å². The molecule has 28 heavy (non-hydrogen) atoms. The molecule has 9 atom stereocenters. The second-order valence-electron chi connectivity index (χ2n) is 10.0. The fraction of sp³-hybridized carbons (Fsp3) is 0.720. The lowest BCUT2D eigenvalue weighted by Gasteiger charge is -2.52. The van der Waals surface area contributed by atoms with Crippen molar-refractivity contribution in [2.45, 2.75) is 66.4 Å². The summed E-state index contributed by atoms with van der Waals surface area (Å²) in [6.45, 7) is 11.6. The van der Waals surface area contributed by atoms with Crippen molar-refractivity contribution in [3.8, 4) is 0 Å². The smallest absolute Gasteiger partial charge is 0.328 e. The molecule has 3 aliphatic carbocycles. The number of aliphatic hydroxyl groups excluding tert-OH is 1.